The van der Waals surface area contributed by atoms with E-state index >= 15 is 0 Å². The molecule has 23 heavy (non-hydrogen) atoms. The summed E-state index contributed by atoms with van der Waals surface area (Å²) in [6, 6.07) is 4.32. The third-order valence-corrected chi connectivity index (χ3v) is 3.56. The van der Waals surface area contributed by atoms with Crippen LogP contribution in [0.15, 0.2) is 24.4 Å². The van der Waals surface area contributed by atoms with Gasteiger partial charge in [-0.2, -0.15) is 0 Å². The van der Waals surface area contributed by atoms with Gasteiger partial charge in [-0.3, -0.25) is 9.69 Å². The molecule has 0 aliphatic carbocycles. The second-order valence-corrected chi connectivity index (χ2v) is 5.25. The van der Waals surface area contributed by atoms with E-state index in [9.17, 15) is 9.90 Å². The van der Waals surface area contributed by atoms with E-state index in [-0.39, 0.29) is 0 Å². The molecule has 7 nitrogen and oxygen atoms in total. The largest absolute Gasteiger partial charge is 0.493 e. The minimum atomic E-state index is -0.970. The summed E-state index contributed by atoms with van der Waals surface area (Å²) in [6.45, 7) is 2.27. The lowest BCUT2D eigenvalue weighted by Crippen LogP contribution is -2.31. The van der Waals surface area contributed by atoms with E-state index in [1.165, 1.54) is 14.2 Å². The first-order chi connectivity index (χ1) is 11.0. The Hall–Kier alpha value is -2.54. The second-order valence-electron chi connectivity index (χ2n) is 5.25. The number of nitrogens with one attached hydrogen (secondary N) is 1. The van der Waals surface area contributed by atoms with Crippen LogP contribution in [-0.2, 0) is 11.3 Å². The number of methoxy groups -OCH3 is 2. The number of para-hydroxylation sites is 1. The van der Waals surface area contributed by atoms with Crippen molar-refractivity contribution in [3.63, 3.8) is 0 Å². The van der Waals surface area contributed by atoms with E-state index in [0.29, 0.717) is 29.4 Å². The molecule has 0 amide bonds. The van der Waals surface area contributed by atoms with Gasteiger partial charge in [0.1, 0.15) is 11.9 Å². The summed E-state index contributed by atoms with van der Waals surface area (Å²) in [5, 5.41) is 9.70. The molecule has 124 valence electrons. The average molecular weight is 319 g/mol. The van der Waals surface area contributed by atoms with Crippen LogP contribution in [0.4, 0.5) is 0 Å². The number of carbonyl (C=O) groups is 1. The number of rotatable bonds is 7. The lowest BCUT2D eigenvalue weighted by molar-refractivity contribution is -0.143. The number of carboxylic acids is 1. The van der Waals surface area contributed by atoms with E-state index in [1.807, 2.05) is 6.92 Å². The highest BCUT2D eigenvalue weighted by molar-refractivity contribution is 5.77. The maximum Gasteiger partial charge on any atom is 0.325 e. The number of hydrogen-bond donors (Lipinski definition) is 2. The molecule has 0 saturated heterocycles. The summed E-state index contributed by atoms with van der Waals surface area (Å²) in [7, 11) is 4.75. The van der Waals surface area contributed by atoms with E-state index in [0.717, 1.165) is 5.69 Å². The third-order valence-electron chi connectivity index (χ3n) is 3.56. The van der Waals surface area contributed by atoms with Crippen molar-refractivity contribution < 1.29 is 19.4 Å². The summed E-state index contributed by atoms with van der Waals surface area (Å²) < 4.78 is 10.6. The molecule has 0 radical (unpaired) electrons. The van der Waals surface area contributed by atoms with Gasteiger partial charge in [-0.15, -0.1) is 0 Å². The fourth-order valence-electron chi connectivity index (χ4n) is 2.56. The van der Waals surface area contributed by atoms with Crippen LogP contribution in [0.5, 0.6) is 11.5 Å². The van der Waals surface area contributed by atoms with E-state index < -0.39 is 12.0 Å². The molecule has 0 unspecified atom stereocenters. The van der Waals surface area contributed by atoms with Gasteiger partial charge >= 0.3 is 5.97 Å². The molecule has 1 aromatic heterocycles. The van der Waals surface area contributed by atoms with Crippen molar-refractivity contribution in [1.82, 2.24) is 14.9 Å². The van der Waals surface area contributed by atoms with E-state index in [4.69, 9.17) is 9.47 Å². The van der Waals surface area contributed by atoms with Gasteiger partial charge in [0.25, 0.3) is 0 Å². The summed E-state index contributed by atoms with van der Waals surface area (Å²) >= 11 is 0. The maximum absolute atomic E-state index is 11.8. The number of benzene rings is 1. The molecule has 0 saturated carbocycles. The number of H-pyrrole nitrogens is 1. The van der Waals surface area contributed by atoms with Crippen molar-refractivity contribution in [2.75, 3.05) is 21.3 Å². The summed E-state index contributed by atoms with van der Waals surface area (Å²) in [6.07, 6.45) is 1.71. The van der Waals surface area contributed by atoms with Crippen molar-refractivity contribution >= 4 is 5.97 Å². The average Bonchev–Trinajstić information content (AvgIpc) is 2.91. The molecular weight excluding hydrogens is 298 g/mol. The third kappa shape index (κ3) is 3.62. The van der Waals surface area contributed by atoms with Crippen LogP contribution in [0.25, 0.3) is 0 Å². The SMILES string of the molecule is COc1cccc([C@H](C(=O)O)N(C)Cc2ncc(C)[nH]2)c1OC. The molecule has 2 rings (SSSR count). The number of likely N-dealkylation sites (N-methyl/N-ethyl adjacent to an activating group) is 1. The normalized spacial score (nSPS) is 12.2. The molecule has 1 heterocycles. The highest BCUT2D eigenvalue weighted by atomic mass is 16.5. The number of aryl methyl sites for hydroxylation is 1. The highest BCUT2D eigenvalue weighted by Gasteiger charge is 2.29. The zero-order valence-corrected chi connectivity index (χ0v) is 13.7. The highest BCUT2D eigenvalue weighted by Crippen LogP contribution is 2.37. The molecule has 0 aliphatic heterocycles. The number of hydrogen-bond acceptors (Lipinski definition) is 5. The lowest BCUT2D eigenvalue weighted by Gasteiger charge is -2.26. The Morgan fingerprint density at radius 3 is 2.65 bits per heavy atom. The first-order valence-electron chi connectivity index (χ1n) is 7.12. The van der Waals surface area contributed by atoms with E-state index in [2.05, 4.69) is 9.97 Å². The van der Waals surface area contributed by atoms with Crippen LogP contribution in [0.1, 0.15) is 23.1 Å². The molecule has 2 N–H and O–H groups in total. The zero-order valence-electron chi connectivity index (χ0n) is 13.7. The van der Waals surface area contributed by atoms with Crippen LogP contribution in [-0.4, -0.2) is 47.2 Å². The molecule has 1 atom stereocenters. The van der Waals surface area contributed by atoms with Gasteiger partial charge in [-0.1, -0.05) is 12.1 Å². The van der Waals surface area contributed by atoms with Gasteiger partial charge in [0, 0.05) is 17.5 Å². The van der Waals surface area contributed by atoms with Crippen LogP contribution in [0.2, 0.25) is 0 Å². The van der Waals surface area contributed by atoms with Crippen molar-refractivity contribution in [2.45, 2.75) is 19.5 Å². The van der Waals surface area contributed by atoms with Gasteiger partial charge in [0.15, 0.2) is 11.5 Å². The minimum absolute atomic E-state index is 0.366. The number of ether oxygens (including phenoxy) is 2. The van der Waals surface area contributed by atoms with Gasteiger partial charge < -0.3 is 19.6 Å². The molecule has 0 spiro atoms. The lowest BCUT2D eigenvalue weighted by atomic mass is 10.0. The van der Waals surface area contributed by atoms with Crippen molar-refractivity contribution in [1.29, 1.82) is 0 Å². The standard InChI is InChI=1S/C16H21N3O4/c1-10-8-17-13(18-10)9-19(2)14(16(20)21)11-6-5-7-12(22-3)15(11)23-4/h5-8,14H,9H2,1-4H3,(H,17,18)(H,20,21)/t14-/m1/s1. The van der Waals surface area contributed by atoms with Gasteiger partial charge in [0.05, 0.1) is 20.8 Å². The Balaban J connectivity index is 2.36. The predicted octanol–water partition coefficient (Wildman–Crippen LogP) is 1.99. The van der Waals surface area contributed by atoms with Crippen molar-refractivity contribution in [2.24, 2.45) is 0 Å². The van der Waals surface area contributed by atoms with Crippen molar-refractivity contribution in [3.05, 3.63) is 41.5 Å². The first-order valence-corrected chi connectivity index (χ1v) is 7.12. The monoisotopic (exact) mass is 319 g/mol. The first kappa shape index (κ1) is 16.8. The summed E-state index contributed by atoms with van der Waals surface area (Å²) in [5.74, 6) is 0.656. The van der Waals surface area contributed by atoms with Crippen LogP contribution in [0, 0.1) is 6.92 Å². The molecule has 0 fully saturated rings. The molecule has 0 bridgehead atoms. The fourth-order valence-corrected chi connectivity index (χ4v) is 2.56. The summed E-state index contributed by atoms with van der Waals surface area (Å²) in [5.41, 5.74) is 1.46. The summed E-state index contributed by atoms with van der Waals surface area (Å²) in [4.78, 5) is 20.9. The number of aliphatic carboxylic acids is 1. The van der Waals surface area contributed by atoms with Crippen LogP contribution in [0.3, 0.4) is 0 Å². The molecule has 1 aromatic carbocycles. The smallest absolute Gasteiger partial charge is 0.325 e. The number of aromatic amines is 1. The van der Waals surface area contributed by atoms with Crippen LogP contribution < -0.4 is 9.47 Å². The van der Waals surface area contributed by atoms with Gasteiger partial charge in [0.2, 0.25) is 0 Å². The molecule has 0 aliphatic rings. The Morgan fingerprint density at radius 1 is 1.39 bits per heavy atom. The zero-order chi connectivity index (χ0) is 17.0. The number of nitrogens with zero attached hydrogens (tertiary/aromatic N) is 2. The van der Waals surface area contributed by atoms with Crippen LogP contribution >= 0.6 is 0 Å². The second kappa shape index (κ2) is 7.15. The minimum Gasteiger partial charge on any atom is -0.493 e. The Labute approximate surface area is 134 Å². The molecule has 7 heteroatoms. The molecular formula is C16H21N3O4. The van der Waals surface area contributed by atoms with Gasteiger partial charge in [-0.25, -0.2) is 4.98 Å². The Kier molecular flexibility index (Phi) is 5.23. The van der Waals surface area contributed by atoms with Gasteiger partial charge in [-0.05, 0) is 20.0 Å². The topological polar surface area (TPSA) is 87.7 Å². The quantitative estimate of drug-likeness (QED) is 0.811. The Morgan fingerprint density at radius 2 is 2.13 bits per heavy atom. The molecule has 2 aromatic rings. The Bertz CT molecular complexity index is 684. The van der Waals surface area contributed by atoms with Crippen molar-refractivity contribution in [3.8, 4) is 11.5 Å². The number of imidazole rings is 1. The predicted molar refractivity (Wildman–Crippen MR) is 84.7 cm³/mol. The maximum atomic E-state index is 11.8. The fraction of sp³-hybridized carbons (Fsp3) is 0.375. The number of aromatic nitrogens is 2. The number of carboxylic acid groups (broad SMARTS) is 1. The van der Waals surface area contributed by atoms with E-state index in [1.54, 1.807) is 36.3 Å².